The Kier molecular flexibility index (Phi) is 3.83. The van der Waals surface area contributed by atoms with E-state index in [-0.39, 0.29) is 16.4 Å². The summed E-state index contributed by atoms with van der Waals surface area (Å²) in [6, 6.07) is 5.85. The maximum absolute atomic E-state index is 12.0. The Morgan fingerprint density at radius 2 is 2.22 bits per heavy atom. The minimum absolute atomic E-state index is 0.129. The first-order valence-electron chi connectivity index (χ1n) is 6.22. The van der Waals surface area contributed by atoms with Crippen molar-refractivity contribution in [2.24, 2.45) is 0 Å². The Morgan fingerprint density at radius 1 is 1.50 bits per heavy atom. The summed E-state index contributed by atoms with van der Waals surface area (Å²) in [5.41, 5.74) is 0.862. The molecule has 0 N–H and O–H groups in total. The Hall–Kier alpha value is -0.420. The average molecular weight is 332 g/mol. The van der Waals surface area contributed by atoms with Gasteiger partial charge in [-0.3, -0.25) is 0 Å². The van der Waals surface area contributed by atoms with Gasteiger partial charge in [0.05, 0.1) is 11.0 Å². The van der Waals surface area contributed by atoms with Crippen molar-refractivity contribution in [3.8, 4) is 0 Å². The smallest absolute Gasteiger partial charge is 0.153 e. The minimum atomic E-state index is -2.90. The van der Waals surface area contributed by atoms with Crippen LogP contribution in [0.4, 0.5) is 0 Å². The van der Waals surface area contributed by atoms with E-state index in [9.17, 15) is 8.42 Å². The van der Waals surface area contributed by atoms with Gasteiger partial charge in [0.25, 0.3) is 0 Å². The van der Waals surface area contributed by atoms with Crippen LogP contribution < -0.4 is 0 Å². The van der Waals surface area contributed by atoms with E-state index in [1.165, 1.54) is 0 Å². The van der Waals surface area contributed by atoms with Crippen molar-refractivity contribution >= 4 is 25.8 Å². The third-order valence-corrected chi connectivity index (χ3v) is 6.64. The van der Waals surface area contributed by atoms with Crippen LogP contribution >= 0.6 is 15.9 Å². The fraction of sp³-hybridized carbons (Fsp3) is 0.615. The maximum atomic E-state index is 12.0. The van der Waals surface area contributed by atoms with E-state index in [0.717, 1.165) is 10.3 Å². The first kappa shape index (κ1) is 14.0. The van der Waals surface area contributed by atoms with Gasteiger partial charge in [-0.15, -0.1) is 0 Å². The molecule has 2 unspecified atom stereocenters. The second kappa shape index (κ2) is 4.93. The van der Waals surface area contributed by atoms with Crippen LogP contribution in [0.15, 0.2) is 22.8 Å². The summed E-state index contributed by atoms with van der Waals surface area (Å²) in [6.07, 6.45) is 2.02. The van der Waals surface area contributed by atoms with Crippen molar-refractivity contribution in [1.29, 1.82) is 0 Å². The molecular formula is C13H18BrNO2S. The topological polar surface area (TPSA) is 47.0 Å². The standard InChI is InChI=1S/C13H18BrNO2S/c1-3-10-9-13(2,7-8-18(10,16)17)11-5-4-6-12(14)15-11/h4-6,10H,3,7-9H2,1-2H3. The molecule has 0 radical (unpaired) electrons. The van der Waals surface area contributed by atoms with Crippen LogP contribution in [-0.4, -0.2) is 24.4 Å². The second-order valence-corrected chi connectivity index (χ2v) is 8.47. The molecule has 100 valence electrons. The molecule has 1 aromatic rings. The van der Waals surface area contributed by atoms with Crippen LogP contribution in [-0.2, 0) is 15.3 Å². The summed E-state index contributed by atoms with van der Waals surface area (Å²) in [7, 11) is -2.90. The second-order valence-electron chi connectivity index (χ2n) is 5.26. The SMILES string of the molecule is CCC1CC(C)(c2cccc(Br)n2)CCS1(=O)=O. The quantitative estimate of drug-likeness (QED) is 0.782. The number of rotatable bonds is 2. The molecule has 1 fully saturated rings. The third kappa shape index (κ3) is 2.62. The number of aromatic nitrogens is 1. The number of hydrogen-bond donors (Lipinski definition) is 0. The first-order chi connectivity index (χ1) is 8.37. The summed E-state index contributed by atoms with van der Waals surface area (Å²) < 4.78 is 24.7. The predicted molar refractivity (Wildman–Crippen MR) is 76.4 cm³/mol. The lowest BCUT2D eigenvalue weighted by Gasteiger charge is -2.37. The monoisotopic (exact) mass is 331 g/mol. The number of sulfone groups is 1. The molecule has 0 saturated carbocycles. The van der Waals surface area contributed by atoms with Gasteiger partial charge in [0, 0.05) is 11.1 Å². The zero-order valence-corrected chi connectivity index (χ0v) is 13.1. The van der Waals surface area contributed by atoms with Gasteiger partial charge in [-0.2, -0.15) is 0 Å². The summed E-state index contributed by atoms with van der Waals surface area (Å²) in [6.45, 7) is 4.07. The van der Waals surface area contributed by atoms with Crippen LogP contribution in [0, 0.1) is 0 Å². The Bertz CT molecular complexity index is 544. The zero-order chi connectivity index (χ0) is 13.4. The molecule has 2 atom stereocenters. The van der Waals surface area contributed by atoms with Crippen LogP contribution in [0.3, 0.4) is 0 Å². The lowest BCUT2D eigenvalue weighted by atomic mass is 9.78. The van der Waals surface area contributed by atoms with Crippen molar-refractivity contribution in [1.82, 2.24) is 4.98 Å². The molecule has 0 spiro atoms. The number of halogens is 1. The molecular weight excluding hydrogens is 314 g/mol. The third-order valence-electron chi connectivity index (χ3n) is 3.91. The van der Waals surface area contributed by atoms with Crippen LogP contribution in [0.5, 0.6) is 0 Å². The van der Waals surface area contributed by atoms with E-state index in [2.05, 4.69) is 27.8 Å². The lowest BCUT2D eigenvalue weighted by molar-refractivity contribution is 0.369. The van der Waals surface area contributed by atoms with Gasteiger partial charge in [0.1, 0.15) is 4.60 Å². The van der Waals surface area contributed by atoms with E-state index in [0.29, 0.717) is 19.3 Å². The van der Waals surface area contributed by atoms with Crippen molar-refractivity contribution in [3.63, 3.8) is 0 Å². The normalized spacial score (nSPS) is 31.2. The van der Waals surface area contributed by atoms with Gasteiger partial charge in [-0.25, -0.2) is 13.4 Å². The van der Waals surface area contributed by atoms with Gasteiger partial charge in [0.2, 0.25) is 0 Å². The molecule has 0 aromatic carbocycles. The molecule has 1 aromatic heterocycles. The van der Waals surface area contributed by atoms with Crippen LogP contribution in [0.2, 0.25) is 0 Å². The van der Waals surface area contributed by atoms with Crippen molar-refractivity contribution in [2.75, 3.05) is 5.75 Å². The highest BCUT2D eigenvalue weighted by Crippen LogP contribution is 2.39. The van der Waals surface area contributed by atoms with Crippen molar-refractivity contribution in [3.05, 3.63) is 28.5 Å². The number of hydrogen-bond acceptors (Lipinski definition) is 3. The molecule has 5 heteroatoms. The van der Waals surface area contributed by atoms with Crippen LogP contribution in [0.1, 0.15) is 38.8 Å². The van der Waals surface area contributed by atoms with E-state index >= 15 is 0 Å². The number of nitrogens with zero attached hydrogens (tertiary/aromatic N) is 1. The molecule has 0 bridgehead atoms. The molecule has 2 heterocycles. The van der Waals surface area contributed by atoms with Gasteiger partial charge in [-0.1, -0.05) is 19.9 Å². The molecule has 0 aliphatic carbocycles. The van der Waals surface area contributed by atoms with E-state index in [4.69, 9.17) is 0 Å². The van der Waals surface area contributed by atoms with Crippen molar-refractivity contribution in [2.45, 2.75) is 43.8 Å². The predicted octanol–water partition coefficient (Wildman–Crippen LogP) is 3.09. The molecule has 1 aliphatic heterocycles. The fourth-order valence-corrected chi connectivity index (χ4v) is 5.18. The summed E-state index contributed by atoms with van der Waals surface area (Å²) in [4.78, 5) is 4.51. The summed E-state index contributed by atoms with van der Waals surface area (Å²) in [5.74, 6) is 0.274. The first-order valence-corrected chi connectivity index (χ1v) is 8.73. The van der Waals surface area contributed by atoms with E-state index < -0.39 is 9.84 Å². The summed E-state index contributed by atoms with van der Waals surface area (Å²) >= 11 is 3.38. The Morgan fingerprint density at radius 3 is 2.83 bits per heavy atom. The highest BCUT2D eigenvalue weighted by atomic mass is 79.9. The highest BCUT2D eigenvalue weighted by molar-refractivity contribution is 9.10. The average Bonchev–Trinajstić information content (AvgIpc) is 2.32. The zero-order valence-electron chi connectivity index (χ0n) is 10.7. The Labute approximate surface area is 117 Å². The fourth-order valence-electron chi connectivity index (χ4n) is 2.64. The van der Waals surface area contributed by atoms with Gasteiger partial charge in [-0.05, 0) is 47.3 Å². The van der Waals surface area contributed by atoms with E-state index in [1.807, 2.05) is 25.1 Å². The number of pyridine rings is 1. The maximum Gasteiger partial charge on any atom is 0.153 e. The Balaban J connectivity index is 2.34. The van der Waals surface area contributed by atoms with Crippen LogP contribution in [0.25, 0.3) is 0 Å². The van der Waals surface area contributed by atoms with Gasteiger partial charge < -0.3 is 0 Å². The molecule has 0 amide bonds. The molecule has 2 rings (SSSR count). The van der Waals surface area contributed by atoms with Gasteiger partial charge in [0.15, 0.2) is 9.84 Å². The molecule has 18 heavy (non-hydrogen) atoms. The molecule has 1 saturated heterocycles. The highest BCUT2D eigenvalue weighted by Gasteiger charge is 2.41. The van der Waals surface area contributed by atoms with E-state index in [1.54, 1.807) is 0 Å². The summed E-state index contributed by atoms with van der Waals surface area (Å²) in [5, 5.41) is -0.225. The minimum Gasteiger partial charge on any atom is -0.245 e. The lowest BCUT2D eigenvalue weighted by Crippen LogP contribution is -2.41. The largest absolute Gasteiger partial charge is 0.245 e. The van der Waals surface area contributed by atoms with Gasteiger partial charge >= 0.3 is 0 Å². The van der Waals surface area contributed by atoms with Crippen molar-refractivity contribution < 1.29 is 8.42 Å². The molecule has 3 nitrogen and oxygen atoms in total. The molecule has 1 aliphatic rings.